The molecule has 1 radical (unpaired) electrons. The summed E-state index contributed by atoms with van der Waals surface area (Å²) >= 11 is 0. The molecule has 1 saturated heterocycles. The number of hydrogen-bond acceptors (Lipinski definition) is 10. The van der Waals surface area contributed by atoms with Crippen molar-refractivity contribution in [2.45, 2.75) is 18.9 Å². The molecule has 2 aliphatic heterocycles. The molecule has 0 unspecified atom stereocenters. The van der Waals surface area contributed by atoms with Crippen molar-refractivity contribution >= 4 is 23.7 Å². The van der Waals surface area contributed by atoms with Crippen LogP contribution in [0.5, 0.6) is 0 Å². The lowest BCUT2D eigenvalue weighted by molar-refractivity contribution is -0.286. The van der Waals surface area contributed by atoms with E-state index in [4.69, 9.17) is 15.8 Å². The van der Waals surface area contributed by atoms with E-state index in [0.29, 0.717) is 11.5 Å². The van der Waals surface area contributed by atoms with E-state index in [1.54, 1.807) is 10.5 Å². The van der Waals surface area contributed by atoms with Crippen LogP contribution in [0.4, 0.5) is 17.3 Å². The number of aliphatic hydroxyl groups excluding tert-OH is 1. The Kier molecular flexibility index (Phi) is 2.57. The Labute approximate surface area is 101 Å². The molecular weight excluding hydrogens is 242 g/mol. The second kappa shape index (κ2) is 4.12. The van der Waals surface area contributed by atoms with Gasteiger partial charge < -0.3 is 10.8 Å². The summed E-state index contributed by atoms with van der Waals surface area (Å²) in [4.78, 5) is 18.9. The number of nitrogen functional groups attached to an aromatic ring is 1. The monoisotopic (exact) mass is 253 g/mol. The molecule has 1 fully saturated rings. The predicted octanol–water partition coefficient (Wildman–Crippen LogP) is -1.95. The smallest absolute Gasteiger partial charge is 0.291 e. The zero-order chi connectivity index (χ0) is 12.7. The third-order valence-corrected chi connectivity index (χ3v) is 2.71. The van der Waals surface area contributed by atoms with Gasteiger partial charge in [0.2, 0.25) is 6.23 Å². The fourth-order valence-electron chi connectivity index (χ4n) is 1.86. The lowest BCUT2D eigenvalue weighted by Gasteiger charge is -2.16. The van der Waals surface area contributed by atoms with Crippen LogP contribution in [-0.4, -0.2) is 44.2 Å². The van der Waals surface area contributed by atoms with E-state index in [2.05, 4.69) is 15.0 Å². The Morgan fingerprint density at radius 3 is 3.11 bits per heavy atom. The SMILES string of the molecule is Nc1ncnc2c1[N+]=CN2[C@H]1C[C@H](O)N(NO)O1. The predicted molar refractivity (Wildman–Crippen MR) is 59.0 cm³/mol. The molecule has 0 amide bonds. The molecule has 0 bridgehead atoms. The van der Waals surface area contributed by atoms with Crippen molar-refractivity contribution < 1.29 is 15.2 Å². The van der Waals surface area contributed by atoms with E-state index in [1.807, 2.05) is 0 Å². The first-order valence-corrected chi connectivity index (χ1v) is 5.17. The Hall–Kier alpha value is -1.85. The van der Waals surface area contributed by atoms with E-state index in [0.717, 1.165) is 5.17 Å². The molecule has 10 heteroatoms. The number of aromatic nitrogens is 2. The Bertz CT molecular complexity index is 496. The average Bonchev–Trinajstić information content (AvgIpc) is 2.93. The van der Waals surface area contributed by atoms with Crippen LogP contribution < -0.4 is 21.2 Å². The molecule has 0 spiro atoms. The number of rotatable bonds is 2. The first-order valence-electron chi connectivity index (χ1n) is 5.17. The molecule has 5 N–H and O–H groups in total. The zero-order valence-electron chi connectivity index (χ0n) is 9.13. The van der Waals surface area contributed by atoms with Crippen LogP contribution in [0.15, 0.2) is 6.33 Å². The average molecular weight is 253 g/mol. The maximum Gasteiger partial charge on any atom is 0.291 e. The van der Waals surface area contributed by atoms with Gasteiger partial charge in [-0.05, 0) is 4.99 Å². The standard InChI is InChI=1S/C8H11N7O3/c9-7-6-8(11-2-10-7)14(3-12-6)5-1-4(16)15(13-17)18-5/h2-5,13,16-17H,1H2,(H2,9,10,11)/q+1/t4-,5+/m0/s1. The van der Waals surface area contributed by atoms with E-state index >= 15 is 0 Å². The molecule has 1 aromatic heterocycles. The Morgan fingerprint density at radius 2 is 2.39 bits per heavy atom. The van der Waals surface area contributed by atoms with Gasteiger partial charge in [-0.1, -0.05) is 5.17 Å². The third-order valence-electron chi connectivity index (χ3n) is 2.71. The summed E-state index contributed by atoms with van der Waals surface area (Å²) in [6.45, 7) is 0. The van der Waals surface area contributed by atoms with Crippen LogP contribution in [0.25, 0.3) is 0 Å². The van der Waals surface area contributed by atoms with Crippen molar-refractivity contribution in [3.05, 3.63) is 6.33 Å². The number of anilines is 2. The summed E-state index contributed by atoms with van der Waals surface area (Å²) in [7, 11) is 0. The van der Waals surface area contributed by atoms with E-state index < -0.39 is 12.5 Å². The second-order valence-electron chi connectivity index (χ2n) is 3.79. The Balaban J connectivity index is 1.86. The summed E-state index contributed by atoms with van der Waals surface area (Å²) < 4.78 is 0. The van der Waals surface area contributed by atoms with Crippen LogP contribution in [0.1, 0.15) is 6.42 Å². The number of nitrogens with two attached hydrogens (primary N) is 1. The van der Waals surface area contributed by atoms with Crippen LogP contribution in [0, 0.1) is 0 Å². The molecule has 0 saturated carbocycles. The summed E-state index contributed by atoms with van der Waals surface area (Å²) in [5, 5.41) is 19.1. The maximum atomic E-state index is 9.57. The molecule has 10 nitrogen and oxygen atoms in total. The van der Waals surface area contributed by atoms with Crippen molar-refractivity contribution in [1.29, 1.82) is 0 Å². The molecular formula is C8H11N7O3+. The van der Waals surface area contributed by atoms with E-state index in [-0.39, 0.29) is 12.2 Å². The van der Waals surface area contributed by atoms with Gasteiger partial charge in [0.25, 0.3) is 17.8 Å². The third kappa shape index (κ3) is 1.60. The molecule has 18 heavy (non-hydrogen) atoms. The van der Waals surface area contributed by atoms with Crippen molar-refractivity contribution in [2.24, 2.45) is 0 Å². The van der Waals surface area contributed by atoms with Gasteiger partial charge in [0.15, 0.2) is 12.0 Å². The quantitative estimate of drug-likeness (QED) is 0.443. The molecule has 0 aromatic carbocycles. The van der Waals surface area contributed by atoms with Crippen molar-refractivity contribution in [3.8, 4) is 0 Å². The molecule has 3 heterocycles. The second-order valence-corrected chi connectivity index (χ2v) is 3.79. The number of aliphatic imine (C=N–C) groups is 1. The first-order chi connectivity index (χ1) is 8.70. The highest BCUT2D eigenvalue weighted by Gasteiger charge is 2.44. The molecule has 3 rings (SSSR count). The van der Waals surface area contributed by atoms with Gasteiger partial charge in [-0.2, -0.15) is 9.88 Å². The minimum atomic E-state index is -0.975. The fourth-order valence-corrected chi connectivity index (χ4v) is 1.86. The fraction of sp³-hybridized carbons (Fsp3) is 0.375. The lowest BCUT2D eigenvalue weighted by Crippen LogP contribution is -2.40. The van der Waals surface area contributed by atoms with Crippen LogP contribution in [0.2, 0.25) is 0 Å². The van der Waals surface area contributed by atoms with Gasteiger partial charge in [0.05, 0.1) is 6.42 Å². The first kappa shape index (κ1) is 11.3. The van der Waals surface area contributed by atoms with Crippen molar-refractivity contribution in [3.63, 3.8) is 0 Å². The summed E-state index contributed by atoms with van der Waals surface area (Å²) in [6, 6.07) is 0. The summed E-state index contributed by atoms with van der Waals surface area (Å²) in [6.07, 6.45) is 1.54. The number of hydrazine groups is 1. The normalized spacial score (nSPS) is 26.9. The number of hydrogen-bond donors (Lipinski definition) is 4. The minimum Gasteiger partial charge on any atom is -0.380 e. The van der Waals surface area contributed by atoms with Gasteiger partial charge >= 0.3 is 0 Å². The highest BCUT2D eigenvalue weighted by atomic mass is 16.8. The van der Waals surface area contributed by atoms with Gasteiger partial charge in [-0.25, -0.2) is 9.82 Å². The molecule has 2 aliphatic rings. The number of nitrogens with one attached hydrogen (secondary N) is 1. The summed E-state index contributed by atoms with van der Waals surface area (Å²) in [5.74, 6) is 0.772. The lowest BCUT2D eigenvalue weighted by atomic mass is 10.3. The molecule has 1 aromatic rings. The minimum absolute atomic E-state index is 0.239. The summed E-state index contributed by atoms with van der Waals surface area (Å²) in [5.41, 5.74) is 7.87. The van der Waals surface area contributed by atoms with E-state index in [9.17, 15) is 5.11 Å². The number of nitrogens with zero attached hydrogens (tertiary/aromatic N) is 5. The van der Waals surface area contributed by atoms with Crippen LogP contribution >= 0.6 is 0 Å². The largest absolute Gasteiger partial charge is 0.380 e. The van der Waals surface area contributed by atoms with Gasteiger partial charge in [0.1, 0.15) is 6.33 Å². The van der Waals surface area contributed by atoms with Crippen molar-refractivity contribution in [2.75, 3.05) is 10.6 Å². The van der Waals surface area contributed by atoms with Crippen LogP contribution in [-0.2, 0) is 4.84 Å². The molecule has 2 atom stereocenters. The Morgan fingerprint density at radius 1 is 1.56 bits per heavy atom. The number of fused-ring (bicyclic) bond motifs is 1. The molecule has 95 valence electrons. The molecule has 0 aliphatic carbocycles. The highest BCUT2D eigenvalue weighted by Crippen LogP contribution is 2.33. The van der Waals surface area contributed by atoms with Crippen molar-refractivity contribution in [1.82, 2.24) is 25.7 Å². The topological polar surface area (TPSA) is 134 Å². The van der Waals surface area contributed by atoms with Gasteiger partial charge in [-0.3, -0.25) is 5.21 Å². The van der Waals surface area contributed by atoms with Gasteiger partial charge in [-0.15, -0.1) is 5.59 Å². The zero-order valence-corrected chi connectivity index (χ0v) is 9.13. The number of hydroxylamine groups is 1. The van der Waals surface area contributed by atoms with E-state index in [1.165, 1.54) is 12.7 Å². The number of aliphatic hydroxyl groups is 1. The highest BCUT2D eigenvalue weighted by molar-refractivity contribution is 5.93. The maximum absolute atomic E-state index is 9.57. The van der Waals surface area contributed by atoms with Gasteiger partial charge in [0, 0.05) is 0 Å². The van der Waals surface area contributed by atoms with Crippen LogP contribution in [0.3, 0.4) is 0 Å².